The van der Waals surface area contributed by atoms with Gasteiger partial charge in [-0.1, -0.05) is 29.8 Å². The van der Waals surface area contributed by atoms with E-state index < -0.39 is 0 Å². The molecule has 3 aromatic rings. The van der Waals surface area contributed by atoms with Crippen molar-refractivity contribution in [2.45, 2.75) is 20.1 Å². The molecule has 1 N–H and O–H groups in total. The zero-order valence-corrected chi connectivity index (χ0v) is 17.9. The summed E-state index contributed by atoms with van der Waals surface area (Å²) >= 11 is 6.50. The van der Waals surface area contributed by atoms with Gasteiger partial charge in [-0.3, -0.25) is 0 Å². The first-order valence-corrected chi connectivity index (χ1v) is 10.5. The molecule has 1 aliphatic rings. The number of fused-ring (bicyclic) bond motifs is 1. The third kappa shape index (κ3) is 5.14. The minimum atomic E-state index is -0.313. The molecule has 0 amide bonds. The highest BCUT2D eigenvalue weighted by Crippen LogP contribution is 2.36. The van der Waals surface area contributed by atoms with Crippen LogP contribution in [0.1, 0.15) is 18.1 Å². The van der Waals surface area contributed by atoms with Crippen molar-refractivity contribution in [2.24, 2.45) is 0 Å². The predicted molar refractivity (Wildman–Crippen MR) is 118 cm³/mol. The van der Waals surface area contributed by atoms with Crippen molar-refractivity contribution in [1.29, 1.82) is 0 Å². The van der Waals surface area contributed by atoms with Gasteiger partial charge in [-0.25, -0.2) is 4.39 Å². The van der Waals surface area contributed by atoms with Crippen LogP contribution in [0, 0.1) is 5.82 Å². The van der Waals surface area contributed by atoms with Gasteiger partial charge in [0, 0.05) is 35.0 Å². The van der Waals surface area contributed by atoms with Gasteiger partial charge in [0.1, 0.15) is 25.6 Å². The smallest absolute Gasteiger partial charge is 0.163 e. The van der Waals surface area contributed by atoms with Crippen molar-refractivity contribution in [3.63, 3.8) is 0 Å². The quantitative estimate of drug-likeness (QED) is 0.474. The Morgan fingerprint density at radius 1 is 0.935 bits per heavy atom. The molecule has 1 heterocycles. The Balaban J connectivity index is 1.48. The van der Waals surface area contributed by atoms with Crippen molar-refractivity contribution < 1.29 is 23.3 Å². The first-order chi connectivity index (χ1) is 15.1. The summed E-state index contributed by atoms with van der Waals surface area (Å²) < 4.78 is 36.6. The van der Waals surface area contributed by atoms with Gasteiger partial charge < -0.3 is 24.3 Å². The van der Waals surface area contributed by atoms with E-state index in [1.165, 1.54) is 6.07 Å². The molecule has 0 spiro atoms. The van der Waals surface area contributed by atoms with E-state index in [9.17, 15) is 4.39 Å². The fraction of sp³-hybridized carbons (Fsp3) is 0.250. The van der Waals surface area contributed by atoms with Gasteiger partial charge >= 0.3 is 0 Å². The lowest BCUT2D eigenvalue weighted by Gasteiger charge is -2.19. The lowest BCUT2D eigenvalue weighted by molar-refractivity contribution is 0.171. The van der Waals surface area contributed by atoms with Crippen molar-refractivity contribution in [1.82, 2.24) is 0 Å². The number of ether oxygens (including phenoxy) is 4. The standard InChI is InChI=1S/C24H23ClFNO4/c1-2-28-22-11-17(14-27-18-7-8-21-23(12-18)30-10-9-29-21)19(25)13-24(22)31-15-16-5-3-4-6-20(16)26/h3-8,11-13,27H,2,9-10,14-15H2,1H3. The third-order valence-electron chi connectivity index (χ3n) is 4.78. The van der Waals surface area contributed by atoms with Crippen LogP contribution in [0.3, 0.4) is 0 Å². The first-order valence-electron chi connectivity index (χ1n) is 10.1. The van der Waals surface area contributed by atoms with Crippen LogP contribution in [0.5, 0.6) is 23.0 Å². The van der Waals surface area contributed by atoms with E-state index >= 15 is 0 Å². The highest BCUT2D eigenvalue weighted by molar-refractivity contribution is 6.31. The van der Waals surface area contributed by atoms with Crippen LogP contribution in [-0.2, 0) is 13.2 Å². The van der Waals surface area contributed by atoms with Crippen molar-refractivity contribution >= 4 is 17.3 Å². The predicted octanol–water partition coefficient (Wildman–Crippen LogP) is 5.84. The molecule has 0 bridgehead atoms. The maximum Gasteiger partial charge on any atom is 0.163 e. The topological polar surface area (TPSA) is 49.0 Å². The van der Waals surface area contributed by atoms with Gasteiger partial charge in [-0.2, -0.15) is 0 Å². The van der Waals surface area contributed by atoms with E-state index in [1.54, 1.807) is 24.3 Å². The zero-order valence-electron chi connectivity index (χ0n) is 17.1. The molecule has 0 atom stereocenters. The number of anilines is 1. The van der Waals surface area contributed by atoms with Crippen molar-refractivity contribution in [3.05, 3.63) is 76.6 Å². The molecule has 0 aliphatic carbocycles. The highest BCUT2D eigenvalue weighted by Gasteiger charge is 2.14. The van der Waals surface area contributed by atoms with E-state index in [2.05, 4.69) is 5.32 Å². The number of halogens is 2. The summed E-state index contributed by atoms with van der Waals surface area (Å²) in [6, 6.07) is 15.8. The van der Waals surface area contributed by atoms with Crippen LogP contribution < -0.4 is 24.3 Å². The normalized spacial score (nSPS) is 12.4. The molecule has 0 radical (unpaired) electrons. The summed E-state index contributed by atoms with van der Waals surface area (Å²) in [7, 11) is 0. The third-order valence-corrected chi connectivity index (χ3v) is 5.13. The molecule has 0 saturated carbocycles. The monoisotopic (exact) mass is 443 g/mol. The van der Waals surface area contributed by atoms with E-state index in [1.807, 2.05) is 31.2 Å². The lowest BCUT2D eigenvalue weighted by atomic mass is 10.1. The summed E-state index contributed by atoms with van der Waals surface area (Å²) in [4.78, 5) is 0. The average molecular weight is 444 g/mol. The van der Waals surface area contributed by atoms with Crippen LogP contribution in [0.15, 0.2) is 54.6 Å². The van der Waals surface area contributed by atoms with Gasteiger partial charge in [0.15, 0.2) is 23.0 Å². The van der Waals surface area contributed by atoms with Gasteiger partial charge in [-0.15, -0.1) is 0 Å². The summed E-state index contributed by atoms with van der Waals surface area (Å²) in [6.45, 7) is 4.01. The van der Waals surface area contributed by atoms with Crippen molar-refractivity contribution in [2.75, 3.05) is 25.1 Å². The molecule has 0 unspecified atom stereocenters. The minimum absolute atomic E-state index is 0.0812. The average Bonchev–Trinajstić information content (AvgIpc) is 2.79. The zero-order chi connectivity index (χ0) is 21.6. The number of nitrogens with one attached hydrogen (secondary N) is 1. The van der Waals surface area contributed by atoms with Gasteiger partial charge in [0.05, 0.1) is 6.61 Å². The Hall–Kier alpha value is -3.12. The summed E-state index contributed by atoms with van der Waals surface area (Å²) in [5, 5.41) is 3.87. The fourth-order valence-electron chi connectivity index (χ4n) is 3.22. The van der Waals surface area contributed by atoms with Crippen LogP contribution >= 0.6 is 11.6 Å². The van der Waals surface area contributed by atoms with E-state index in [0.717, 1.165) is 17.0 Å². The van der Waals surface area contributed by atoms with Crippen LogP contribution in [-0.4, -0.2) is 19.8 Å². The highest BCUT2D eigenvalue weighted by atomic mass is 35.5. The minimum Gasteiger partial charge on any atom is -0.490 e. The molecular formula is C24H23ClFNO4. The summed E-state index contributed by atoms with van der Waals surface area (Å²) in [5.41, 5.74) is 2.20. The van der Waals surface area contributed by atoms with Crippen LogP contribution in [0.2, 0.25) is 5.02 Å². The van der Waals surface area contributed by atoms with Crippen LogP contribution in [0.25, 0.3) is 0 Å². The Morgan fingerprint density at radius 3 is 2.52 bits per heavy atom. The van der Waals surface area contributed by atoms with E-state index in [0.29, 0.717) is 54.2 Å². The molecule has 5 nitrogen and oxygen atoms in total. The number of hydrogen-bond acceptors (Lipinski definition) is 5. The number of rotatable bonds is 8. The molecule has 0 aromatic heterocycles. The second kappa shape index (κ2) is 9.79. The van der Waals surface area contributed by atoms with Crippen molar-refractivity contribution in [3.8, 4) is 23.0 Å². The molecule has 0 saturated heterocycles. The van der Waals surface area contributed by atoms with Gasteiger partial charge in [-0.05, 0) is 36.8 Å². The fourth-order valence-corrected chi connectivity index (χ4v) is 3.44. The second-order valence-corrected chi connectivity index (χ2v) is 7.32. The molecule has 3 aromatic carbocycles. The molecule has 1 aliphatic heterocycles. The molecule has 0 fully saturated rings. The Labute approximate surface area is 185 Å². The Kier molecular flexibility index (Phi) is 6.67. The molecule has 4 rings (SSSR count). The maximum absolute atomic E-state index is 13.9. The van der Waals surface area contributed by atoms with Crippen LogP contribution in [0.4, 0.5) is 10.1 Å². The maximum atomic E-state index is 13.9. The van der Waals surface area contributed by atoms with Gasteiger partial charge in [0.25, 0.3) is 0 Å². The van der Waals surface area contributed by atoms with E-state index in [4.69, 9.17) is 30.5 Å². The largest absolute Gasteiger partial charge is 0.490 e. The Morgan fingerprint density at radius 2 is 1.71 bits per heavy atom. The molecule has 162 valence electrons. The lowest BCUT2D eigenvalue weighted by Crippen LogP contribution is -2.15. The second-order valence-electron chi connectivity index (χ2n) is 6.92. The SMILES string of the molecule is CCOc1cc(CNc2ccc3c(c2)OCCO3)c(Cl)cc1OCc1ccccc1F. The van der Waals surface area contributed by atoms with E-state index in [-0.39, 0.29) is 12.4 Å². The molecule has 31 heavy (non-hydrogen) atoms. The Bertz CT molecular complexity index is 1060. The summed E-state index contributed by atoms with van der Waals surface area (Å²) in [6.07, 6.45) is 0. The van der Waals surface area contributed by atoms with Gasteiger partial charge in [0.2, 0.25) is 0 Å². The number of benzene rings is 3. The summed E-state index contributed by atoms with van der Waals surface area (Å²) in [5.74, 6) is 2.17. The number of hydrogen-bond donors (Lipinski definition) is 1. The molecular weight excluding hydrogens is 421 g/mol. The first kappa shape index (κ1) is 21.1. The molecule has 7 heteroatoms.